The molecule has 0 aromatic heterocycles. The first-order valence-corrected chi connectivity index (χ1v) is 7.81. The summed E-state index contributed by atoms with van der Waals surface area (Å²) in [5.41, 5.74) is 1.74. The van der Waals surface area contributed by atoms with Crippen LogP contribution >= 0.6 is 11.6 Å². The third kappa shape index (κ3) is 4.20. The van der Waals surface area contributed by atoms with E-state index in [9.17, 15) is 14.4 Å². The van der Waals surface area contributed by atoms with Crippen molar-refractivity contribution in [1.29, 1.82) is 0 Å². The molecule has 0 aliphatic heterocycles. The van der Waals surface area contributed by atoms with E-state index in [1.165, 1.54) is 6.07 Å². The molecule has 24 heavy (non-hydrogen) atoms. The van der Waals surface area contributed by atoms with Crippen molar-refractivity contribution in [3.8, 4) is 0 Å². The Balaban J connectivity index is 2.20. The van der Waals surface area contributed by atoms with E-state index < -0.39 is 11.7 Å². The smallest absolute Gasteiger partial charge is 0.296 e. The average molecular weight is 345 g/mol. The lowest BCUT2D eigenvalue weighted by Crippen LogP contribution is -2.24. The lowest BCUT2D eigenvalue weighted by Gasteiger charge is -2.10. The average Bonchev–Trinajstić information content (AvgIpc) is 2.58. The van der Waals surface area contributed by atoms with Crippen LogP contribution in [0.15, 0.2) is 42.5 Å². The van der Waals surface area contributed by atoms with E-state index in [1.807, 2.05) is 6.92 Å². The van der Waals surface area contributed by atoms with Gasteiger partial charge in [-0.05, 0) is 36.8 Å². The Morgan fingerprint density at radius 1 is 1.04 bits per heavy atom. The van der Waals surface area contributed by atoms with Crippen LogP contribution in [0.25, 0.3) is 0 Å². The predicted molar refractivity (Wildman–Crippen MR) is 94.5 cm³/mol. The van der Waals surface area contributed by atoms with Crippen LogP contribution in [-0.4, -0.2) is 17.6 Å². The minimum atomic E-state index is -0.798. The Labute approximate surface area is 145 Å². The van der Waals surface area contributed by atoms with Crippen molar-refractivity contribution in [3.63, 3.8) is 0 Å². The summed E-state index contributed by atoms with van der Waals surface area (Å²) in [6, 6.07) is 11.4. The maximum absolute atomic E-state index is 12.4. The molecule has 0 aliphatic rings. The van der Waals surface area contributed by atoms with Crippen molar-refractivity contribution >= 4 is 40.6 Å². The third-order valence-corrected chi connectivity index (χ3v) is 3.81. The summed E-state index contributed by atoms with van der Waals surface area (Å²) in [6.07, 6.45) is 0.274. The topological polar surface area (TPSA) is 75.3 Å². The number of hydrogen-bond acceptors (Lipinski definition) is 3. The van der Waals surface area contributed by atoms with Crippen molar-refractivity contribution in [2.75, 3.05) is 10.6 Å². The number of rotatable bonds is 5. The largest absolute Gasteiger partial charge is 0.325 e. The number of ketones is 1. The minimum Gasteiger partial charge on any atom is -0.325 e. The highest BCUT2D eigenvalue weighted by Crippen LogP contribution is 2.21. The molecule has 0 radical (unpaired) electrons. The number of nitrogens with one attached hydrogen (secondary N) is 2. The van der Waals surface area contributed by atoms with Crippen LogP contribution < -0.4 is 10.6 Å². The first-order chi connectivity index (χ1) is 11.4. The van der Waals surface area contributed by atoms with Gasteiger partial charge in [0.2, 0.25) is 5.91 Å². The molecule has 0 bridgehead atoms. The van der Waals surface area contributed by atoms with Crippen LogP contribution in [0, 0.1) is 6.92 Å². The Hall–Kier alpha value is -2.66. The van der Waals surface area contributed by atoms with Crippen molar-refractivity contribution in [2.45, 2.75) is 20.3 Å². The van der Waals surface area contributed by atoms with Crippen LogP contribution in [0.2, 0.25) is 5.02 Å². The lowest BCUT2D eigenvalue weighted by molar-refractivity contribution is -0.116. The molecule has 2 rings (SSSR count). The van der Waals surface area contributed by atoms with E-state index in [-0.39, 0.29) is 17.9 Å². The number of benzene rings is 2. The molecule has 0 spiro atoms. The number of anilines is 2. The van der Waals surface area contributed by atoms with Gasteiger partial charge >= 0.3 is 0 Å². The Kier molecular flexibility index (Phi) is 5.71. The maximum Gasteiger partial charge on any atom is 0.296 e. The molecular weight excluding hydrogens is 328 g/mol. The predicted octanol–water partition coefficient (Wildman–Crippen LogP) is 3.82. The maximum atomic E-state index is 12.4. The molecule has 6 heteroatoms. The van der Waals surface area contributed by atoms with Gasteiger partial charge in [0, 0.05) is 17.1 Å². The zero-order valence-electron chi connectivity index (χ0n) is 13.4. The van der Waals surface area contributed by atoms with Crippen molar-refractivity contribution < 1.29 is 14.4 Å². The summed E-state index contributed by atoms with van der Waals surface area (Å²) < 4.78 is 0. The summed E-state index contributed by atoms with van der Waals surface area (Å²) in [7, 11) is 0. The highest BCUT2D eigenvalue weighted by atomic mass is 35.5. The Morgan fingerprint density at radius 3 is 2.42 bits per heavy atom. The molecule has 0 saturated heterocycles. The molecule has 0 unspecified atom stereocenters. The van der Waals surface area contributed by atoms with Gasteiger partial charge in [0.25, 0.3) is 11.7 Å². The number of carbonyl (C=O) groups is 3. The lowest BCUT2D eigenvalue weighted by atomic mass is 10.1. The molecule has 2 aromatic rings. The van der Waals surface area contributed by atoms with E-state index >= 15 is 0 Å². The fourth-order valence-electron chi connectivity index (χ4n) is 2.01. The van der Waals surface area contributed by atoms with Gasteiger partial charge in [-0.1, -0.05) is 36.7 Å². The second-order valence-corrected chi connectivity index (χ2v) is 5.60. The normalized spacial score (nSPS) is 10.1. The van der Waals surface area contributed by atoms with Gasteiger partial charge in [-0.3, -0.25) is 14.4 Å². The number of hydrogen-bond donors (Lipinski definition) is 2. The fourth-order valence-corrected chi connectivity index (χ4v) is 2.19. The molecule has 0 fully saturated rings. The zero-order valence-corrected chi connectivity index (χ0v) is 14.1. The van der Waals surface area contributed by atoms with E-state index in [1.54, 1.807) is 43.3 Å². The second kappa shape index (κ2) is 7.75. The van der Waals surface area contributed by atoms with Crippen LogP contribution in [-0.2, 0) is 9.59 Å². The second-order valence-electron chi connectivity index (χ2n) is 5.19. The first kappa shape index (κ1) is 17.7. The van der Waals surface area contributed by atoms with Crippen LogP contribution in [0.3, 0.4) is 0 Å². The quantitative estimate of drug-likeness (QED) is 0.639. The van der Waals surface area contributed by atoms with Gasteiger partial charge in [0.1, 0.15) is 0 Å². The molecule has 2 amide bonds. The highest BCUT2D eigenvalue weighted by molar-refractivity contribution is 6.47. The SMILES string of the molecule is CCC(=O)Nc1ccccc1C(=O)C(=O)Nc1ccc(C)c(Cl)c1. The monoisotopic (exact) mass is 344 g/mol. The molecule has 0 heterocycles. The van der Waals surface area contributed by atoms with Gasteiger partial charge in [-0.15, -0.1) is 0 Å². The van der Waals surface area contributed by atoms with Gasteiger partial charge in [-0.2, -0.15) is 0 Å². The molecule has 5 nitrogen and oxygen atoms in total. The molecular formula is C18H17ClN2O3. The number of Topliss-reactive ketones (excluding diaryl/α,β-unsaturated/α-hetero) is 1. The number of aryl methyl sites for hydroxylation is 1. The number of para-hydroxylation sites is 1. The van der Waals surface area contributed by atoms with E-state index in [0.717, 1.165) is 5.56 Å². The summed E-state index contributed by atoms with van der Waals surface area (Å²) in [6.45, 7) is 3.54. The van der Waals surface area contributed by atoms with Gasteiger partial charge < -0.3 is 10.6 Å². The number of halogens is 1. The number of carbonyl (C=O) groups excluding carboxylic acids is 3. The van der Waals surface area contributed by atoms with Crippen molar-refractivity contribution in [1.82, 2.24) is 0 Å². The van der Waals surface area contributed by atoms with Crippen molar-refractivity contribution in [2.24, 2.45) is 0 Å². The minimum absolute atomic E-state index is 0.134. The third-order valence-electron chi connectivity index (χ3n) is 3.40. The molecule has 0 atom stereocenters. The Morgan fingerprint density at radius 2 is 1.75 bits per heavy atom. The summed E-state index contributed by atoms with van der Waals surface area (Å²) >= 11 is 6.01. The van der Waals surface area contributed by atoms with Gasteiger partial charge in [-0.25, -0.2) is 0 Å². The van der Waals surface area contributed by atoms with Crippen LogP contribution in [0.1, 0.15) is 29.3 Å². The molecule has 0 aliphatic carbocycles. The summed E-state index contributed by atoms with van der Waals surface area (Å²) in [5.74, 6) is -1.77. The molecule has 2 N–H and O–H groups in total. The Bertz CT molecular complexity index is 803. The molecule has 0 saturated carbocycles. The summed E-state index contributed by atoms with van der Waals surface area (Å²) in [5, 5.41) is 5.63. The molecule has 124 valence electrons. The van der Waals surface area contributed by atoms with E-state index in [4.69, 9.17) is 11.6 Å². The number of amides is 2. The van der Waals surface area contributed by atoms with Crippen molar-refractivity contribution in [3.05, 3.63) is 58.6 Å². The highest BCUT2D eigenvalue weighted by Gasteiger charge is 2.20. The van der Waals surface area contributed by atoms with E-state index in [2.05, 4.69) is 10.6 Å². The standard InChI is InChI=1S/C18H17ClN2O3/c1-3-16(22)21-15-7-5-4-6-13(15)17(23)18(24)20-12-9-8-11(2)14(19)10-12/h4-10H,3H2,1-2H3,(H,20,24)(H,21,22). The summed E-state index contributed by atoms with van der Waals surface area (Å²) in [4.78, 5) is 36.1. The van der Waals surface area contributed by atoms with Crippen LogP contribution in [0.5, 0.6) is 0 Å². The van der Waals surface area contributed by atoms with E-state index in [0.29, 0.717) is 16.4 Å². The molecule has 2 aromatic carbocycles. The first-order valence-electron chi connectivity index (χ1n) is 7.43. The van der Waals surface area contributed by atoms with Crippen LogP contribution in [0.4, 0.5) is 11.4 Å². The van der Waals surface area contributed by atoms with Gasteiger partial charge in [0.05, 0.1) is 11.3 Å². The zero-order chi connectivity index (χ0) is 17.7. The fraction of sp³-hybridized carbons (Fsp3) is 0.167. The van der Waals surface area contributed by atoms with Gasteiger partial charge in [0.15, 0.2) is 0 Å².